The lowest BCUT2D eigenvalue weighted by atomic mass is 10.1. The second-order valence-electron chi connectivity index (χ2n) is 6.68. The molecule has 0 fully saturated rings. The Morgan fingerprint density at radius 2 is 1.97 bits per heavy atom. The number of amides is 1. The van der Waals surface area contributed by atoms with E-state index in [2.05, 4.69) is 15.4 Å². The van der Waals surface area contributed by atoms with Crippen LogP contribution in [0, 0.1) is 6.92 Å². The molecule has 0 radical (unpaired) electrons. The third-order valence-corrected chi connectivity index (χ3v) is 6.48. The third-order valence-electron chi connectivity index (χ3n) is 4.52. The zero-order chi connectivity index (χ0) is 21.2. The Morgan fingerprint density at radius 1 is 1.21 bits per heavy atom. The van der Waals surface area contributed by atoms with Crippen molar-refractivity contribution >= 4 is 21.6 Å². The second kappa shape index (κ2) is 8.14. The molecular formula is C20H23N5O3S. The van der Waals surface area contributed by atoms with Crippen molar-refractivity contribution in [3.05, 3.63) is 65.6 Å². The van der Waals surface area contributed by atoms with Crippen LogP contribution in [0.5, 0.6) is 0 Å². The average Bonchev–Trinajstić information content (AvgIpc) is 3.14. The van der Waals surface area contributed by atoms with Crippen LogP contribution in [0.25, 0.3) is 5.82 Å². The van der Waals surface area contributed by atoms with Crippen LogP contribution in [0.1, 0.15) is 28.5 Å². The molecule has 3 aromatic rings. The van der Waals surface area contributed by atoms with E-state index >= 15 is 0 Å². The Kier molecular flexibility index (Phi) is 5.81. The van der Waals surface area contributed by atoms with E-state index in [1.807, 2.05) is 25.1 Å². The van der Waals surface area contributed by atoms with Crippen LogP contribution in [0.4, 0.5) is 5.69 Å². The number of aromatic nitrogens is 3. The number of rotatable bonds is 6. The van der Waals surface area contributed by atoms with E-state index in [9.17, 15) is 13.2 Å². The van der Waals surface area contributed by atoms with Gasteiger partial charge in [-0.1, -0.05) is 19.1 Å². The van der Waals surface area contributed by atoms with Gasteiger partial charge in [0.25, 0.3) is 5.91 Å². The molecule has 0 unspecified atom stereocenters. The highest BCUT2D eigenvalue weighted by Gasteiger charge is 2.22. The molecule has 0 bridgehead atoms. The molecule has 9 heteroatoms. The molecule has 2 heterocycles. The first-order chi connectivity index (χ1) is 13.8. The molecule has 29 heavy (non-hydrogen) atoms. The molecule has 0 saturated heterocycles. The molecule has 0 aliphatic heterocycles. The molecule has 8 nitrogen and oxygen atoms in total. The van der Waals surface area contributed by atoms with Crippen LogP contribution in [-0.2, 0) is 16.4 Å². The van der Waals surface area contributed by atoms with Crippen molar-refractivity contribution in [2.24, 2.45) is 0 Å². The van der Waals surface area contributed by atoms with Crippen molar-refractivity contribution in [3.63, 3.8) is 0 Å². The summed E-state index contributed by atoms with van der Waals surface area (Å²) in [7, 11) is -0.674. The largest absolute Gasteiger partial charge is 0.322 e. The minimum absolute atomic E-state index is 0.153. The number of hydrogen-bond donors (Lipinski definition) is 1. The molecule has 0 spiro atoms. The maximum absolute atomic E-state index is 12.9. The maximum atomic E-state index is 12.9. The number of aryl methyl sites for hydroxylation is 1. The van der Waals surface area contributed by atoms with Gasteiger partial charge in [0.2, 0.25) is 10.0 Å². The number of nitrogens with zero attached hydrogens (tertiary/aromatic N) is 4. The first-order valence-corrected chi connectivity index (χ1v) is 10.5. The van der Waals surface area contributed by atoms with Gasteiger partial charge in [-0.2, -0.15) is 5.10 Å². The summed E-state index contributed by atoms with van der Waals surface area (Å²) in [4.78, 5) is 17.3. The standard InChI is InChI=1S/C20H23N5O3S/c1-5-17-16(13-22-25(17)19-8-6-7-11-21-19)20(26)23-15-10-9-14(2)18(12-15)29(27,28)24(3)4/h6-13H,5H2,1-4H3,(H,23,26). The number of carbonyl (C=O) groups excluding carboxylic acids is 1. The summed E-state index contributed by atoms with van der Waals surface area (Å²) in [6.45, 7) is 3.65. The molecule has 0 aliphatic rings. The lowest BCUT2D eigenvalue weighted by Crippen LogP contribution is -2.23. The first-order valence-electron chi connectivity index (χ1n) is 9.08. The van der Waals surface area contributed by atoms with Crippen LogP contribution in [-0.4, -0.2) is 47.5 Å². The quantitative estimate of drug-likeness (QED) is 0.670. The summed E-state index contributed by atoms with van der Waals surface area (Å²) in [5, 5.41) is 7.09. The summed E-state index contributed by atoms with van der Waals surface area (Å²) >= 11 is 0. The van der Waals surface area contributed by atoms with E-state index < -0.39 is 10.0 Å². The van der Waals surface area contributed by atoms with E-state index in [0.717, 1.165) is 10.00 Å². The summed E-state index contributed by atoms with van der Waals surface area (Å²) in [6, 6.07) is 10.3. The minimum Gasteiger partial charge on any atom is -0.322 e. The Hall–Kier alpha value is -3.04. The van der Waals surface area contributed by atoms with Gasteiger partial charge >= 0.3 is 0 Å². The SMILES string of the molecule is CCc1c(C(=O)Nc2ccc(C)c(S(=O)(=O)N(C)C)c2)cnn1-c1ccccn1. The van der Waals surface area contributed by atoms with E-state index in [1.165, 1.54) is 26.4 Å². The number of carbonyl (C=O) groups is 1. The molecule has 1 N–H and O–H groups in total. The maximum Gasteiger partial charge on any atom is 0.259 e. The highest BCUT2D eigenvalue weighted by atomic mass is 32.2. The van der Waals surface area contributed by atoms with Gasteiger partial charge in [-0.25, -0.2) is 22.4 Å². The van der Waals surface area contributed by atoms with Crippen molar-refractivity contribution in [2.75, 3.05) is 19.4 Å². The van der Waals surface area contributed by atoms with Crippen LogP contribution >= 0.6 is 0 Å². The summed E-state index contributed by atoms with van der Waals surface area (Å²) in [6.07, 6.45) is 3.73. The number of sulfonamides is 1. The molecule has 0 saturated carbocycles. The van der Waals surface area contributed by atoms with Crippen molar-refractivity contribution in [1.29, 1.82) is 0 Å². The molecule has 0 aliphatic carbocycles. The van der Waals surface area contributed by atoms with E-state index in [1.54, 1.807) is 29.9 Å². The minimum atomic E-state index is -3.62. The van der Waals surface area contributed by atoms with Crippen LogP contribution in [0.15, 0.2) is 53.7 Å². The smallest absolute Gasteiger partial charge is 0.259 e. The van der Waals surface area contributed by atoms with Gasteiger partial charge in [0.15, 0.2) is 5.82 Å². The van der Waals surface area contributed by atoms with E-state index in [0.29, 0.717) is 29.1 Å². The van der Waals surface area contributed by atoms with Gasteiger partial charge in [0, 0.05) is 26.0 Å². The Balaban J connectivity index is 1.93. The first kappa shape index (κ1) is 20.7. The van der Waals surface area contributed by atoms with Gasteiger partial charge in [-0.15, -0.1) is 0 Å². The fourth-order valence-electron chi connectivity index (χ4n) is 2.93. The van der Waals surface area contributed by atoms with Crippen LogP contribution < -0.4 is 5.32 Å². The van der Waals surface area contributed by atoms with Gasteiger partial charge in [-0.3, -0.25) is 4.79 Å². The molecule has 1 aromatic carbocycles. The molecule has 1 amide bonds. The number of benzene rings is 1. The van der Waals surface area contributed by atoms with Crippen LogP contribution in [0.3, 0.4) is 0 Å². The lowest BCUT2D eigenvalue weighted by molar-refractivity contribution is 0.102. The van der Waals surface area contributed by atoms with Crippen molar-refractivity contribution < 1.29 is 13.2 Å². The van der Waals surface area contributed by atoms with Crippen LogP contribution in [0.2, 0.25) is 0 Å². The van der Waals surface area contributed by atoms with Gasteiger partial charge in [0.1, 0.15) is 0 Å². The summed E-state index contributed by atoms with van der Waals surface area (Å²) in [5.41, 5.74) is 2.13. The fourth-order valence-corrected chi connectivity index (χ4v) is 4.08. The normalized spacial score (nSPS) is 11.6. The Morgan fingerprint density at radius 3 is 2.59 bits per heavy atom. The second-order valence-corrected chi connectivity index (χ2v) is 8.80. The zero-order valence-corrected chi connectivity index (χ0v) is 17.6. The summed E-state index contributed by atoms with van der Waals surface area (Å²) in [5.74, 6) is 0.263. The average molecular weight is 414 g/mol. The molecule has 2 aromatic heterocycles. The van der Waals surface area contributed by atoms with E-state index in [-0.39, 0.29) is 10.8 Å². The monoisotopic (exact) mass is 413 g/mol. The lowest BCUT2D eigenvalue weighted by Gasteiger charge is -2.15. The number of anilines is 1. The van der Waals surface area contributed by atoms with Crippen molar-refractivity contribution in [3.8, 4) is 5.82 Å². The highest BCUT2D eigenvalue weighted by molar-refractivity contribution is 7.89. The molecule has 0 atom stereocenters. The predicted octanol–water partition coefficient (Wildman–Crippen LogP) is 2.64. The van der Waals surface area contributed by atoms with Crippen molar-refractivity contribution in [1.82, 2.24) is 19.1 Å². The van der Waals surface area contributed by atoms with E-state index in [4.69, 9.17) is 0 Å². The highest BCUT2D eigenvalue weighted by Crippen LogP contribution is 2.23. The third kappa shape index (κ3) is 4.06. The molecular weight excluding hydrogens is 390 g/mol. The topological polar surface area (TPSA) is 97.2 Å². The fraction of sp³-hybridized carbons (Fsp3) is 0.250. The van der Waals surface area contributed by atoms with Crippen molar-refractivity contribution in [2.45, 2.75) is 25.2 Å². The van der Waals surface area contributed by atoms with Gasteiger partial charge in [-0.05, 0) is 43.2 Å². The zero-order valence-electron chi connectivity index (χ0n) is 16.7. The van der Waals surface area contributed by atoms with Gasteiger partial charge < -0.3 is 5.32 Å². The predicted molar refractivity (Wildman–Crippen MR) is 111 cm³/mol. The number of nitrogens with one attached hydrogen (secondary N) is 1. The molecule has 152 valence electrons. The number of hydrogen-bond acceptors (Lipinski definition) is 5. The Bertz CT molecular complexity index is 1140. The summed E-state index contributed by atoms with van der Waals surface area (Å²) < 4.78 is 27.8. The Labute approximate surface area is 170 Å². The van der Waals surface area contributed by atoms with Gasteiger partial charge in [0.05, 0.1) is 22.3 Å². The number of pyridine rings is 1. The molecule has 3 rings (SSSR count).